The smallest absolute Gasteiger partial charge is 0.331 e. The summed E-state index contributed by atoms with van der Waals surface area (Å²) >= 11 is 0. The van der Waals surface area contributed by atoms with Gasteiger partial charge in [-0.2, -0.15) is 0 Å². The Morgan fingerprint density at radius 3 is 2.47 bits per heavy atom. The van der Waals surface area contributed by atoms with Gasteiger partial charge in [-0.1, -0.05) is 39.5 Å². The molecule has 0 saturated carbocycles. The van der Waals surface area contributed by atoms with Crippen molar-refractivity contribution in [2.75, 3.05) is 6.61 Å². The third-order valence-corrected chi connectivity index (χ3v) is 2.93. The number of ether oxygens (including phenoxy) is 1. The largest absolute Gasteiger partial charge is 0.478 e. The molecule has 2 N–H and O–H groups in total. The number of aliphatic hydroxyl groups excluding tert-OH is 1. The maximum atomic E-state index is 11.1. The average Bonchev–Trinajstić information content (AvgIpc) is 2.38. The molecule has 0 aliphatic carbocycles. The van der Waals surface area contributed by atoms with E-state index in [-0.39, 0.29) is 6.61 Å². The topological polar surface area (TPSA) is 83.8 Å². The minimum atomic E-state index is -1.21. The highest BCUT2D eigenvalue weighted by Crippen LogP contribution is 2.18. The van der Waals surface area contributed by atoms with E-state index in [1.165, 1.54) is 0 Å². The molecule has 19 heavy (non-hydrogen) atoms. The van der Waals surface area contributed by atoms with Gasteiger partial charge in [0.1, 0.15) is 6.61 Å². The normalized spacial score (nSPS) is 14.3. The third-order valence-electron chi connectivity index (χ3n) is 2.93. The fourth-order valence-corrected chi connectivity index (χ4v) is 1.80. The van der Waals surface area contributed by atoms with Crippen molar-refractivity contribution in [3.05, 3.63) is 12.2 Å². The van der Waals surface area contributed by atoms with Gasteiger partial charge in [-0.25, -0.2) is 9.59 Å². The van der Waals surface area contributed by atoms with Crippen LogP contribution in [0, 0.1) is 5.92 Å². The van der Waals surface area contributed by atoms with Crippen molar-refractivity contribution in [1.82, 2.24) is 0 Å². The Morgan fingerprint density at radius 2 is 1.95 bits per heavy atom. The Balaban J connectivity index is 3.92. The number of hydrogen-bond donors (Lipinski definition) is 2. The minimum Gasteiger partial charge on any atom is -0.478 e. The van der Waals surface area contributed by atoms with Crippen molar-refractivity contribution in [3.63, 3.8) is 0 Å². The lowest BCUT2D eigenvalue weighted by Crippen LogP contribution is -2.21. The second-order valence-electron chi connectivity index (χ2n) is 4.61. The molecular weight excluding hydrogens is 248 g/mol. The van der Waals surface area contributed by atoms with Gasteiger partial charge in [0.15, 0.2) is 0 Å². The zero-order chi connectivity index (χ0) is 14.7. The zero-order valence-electron chi connectivity index (χ0n) is 11.7. The molecule has 0 heterocycles. The third kappa shape index (κ3) is 10.3. The van der Waals surface area contributed by atoms with Crippen molar-refractivity contribution in [2.45, 2.75) is 52.1 Å². The van der Waals surface area contributed by atoms with Gasteiger partial charge in [0.2, 0.25) is 0 Å². The molecule has 0 bridgehead atoms. The molecule has 2 unspecified atom stereocenters. The summed E-state index contributed by atoms with van der Waals surface area (Å²) in [5.74, 6) is -1.52. The lowest BCUT2D eigenvalue weighted by molar-refractivity contribution is -0.141. The van der Waals surface area contributed by atoms with Crippen LogP contribution in [0.25, 0.3) is 0 Å². The predicted molar refractivity (Wildman–Crippen MR) is 71.7 cm³/mol. The fourth-order valence-electron chi connectivity index (χ4n) is 1.80. The molecule has 0 spiro atoms. The summed E-state index contributed by atoms with van der Waals surface area (Å²) in [5, 5.41) is 18.1. The van der Waals surface area contributed by atoms with Crippen LogP contribution in [-0.2, 0) is 14.3 Å². The Labute approximate surface area is 114 Å². The first-order chi connectivity index (χ1) is 8.99. The van der Waals surface area contributed by atoms with Crippen LogP contribution >= 0.6 is 0 Å². The van der Waals surface area contributed by atoms with Crippen LogP contribution < -0.4 is 0 Å². The number of esters is 1. The summed E-state index contributed by atoms with van der Waals surface area (Å²) in [6.45, 7) is 4.11. The number of rotatable bonds is 10. The molecule has 5 nitrogen and oxygen atoms in total. The van der Waals surface area contributed by atoms with E-state index in [0.717, 1.165) is 31.8 Å². The van der Waals surface area contributed by atoms with Crippen molar-refractivity contribution >= 4 is 11.9 Å². The molecule has 0 aromatic heterocycles. The Kier molecular flexibility index (Phi) is 9.80. The molecule has 2 atom stereocenters. The van der Waals surface area contributed by atoms with E-state index in [9.17, 15) is 14.7 Å². The number of carboxylic acids is 1. The van der Waals surface area contributed by atoms with Crippen molar-refractivity contribution in [2.24, 2.45) is 5.92 Å². The SMILES string of the molecule is CCCCC(CC)CC(O)COC(=O)/C=C\C(=O)O. The predicted octanol–water partition coefficient (Wildman–Crippen LogP) is 2.14. The summed E-state index contributed by atoms with van der Waals surface area (Å²) in [6.07, 6.45) is 5.78. The van der Waals surface area contributed by atoms with Crippen LogP contribution in [0.2, 0.25) is 0 Å². The summed E-state index contributed by atoms with van der Waals surface area (Å²) < 4.78 is 4.76. The molecule has 0 aromatic rings. The second-order valence-corrected chi connectivity index (χ2v) is 4.61. The van der Waals surface area contributed by atoms with Crippen LogP contribution in [0.4, 0.5) is 0 Å². The number of aliphatic carboxylic acids is 1. The molecular formula is C14H24O5. The number of aliphatic hydroxyl groups is 1. The highest BCUT2D eigenvalue weighted by Gasteiger charge is 2.14. The van der Waals surface area contributed by atoms with E-state index in [1.54, 1.807) is 0 Å². The van der Waals surface area contributed by atoms with Crippen molar-refractivity contribution in [3.8, 4) is 0 Å². The van der Waals surface area contributed by atoms with Crippen molar-refractivity contribution in [1.29, 1.82) is 0 Å². The van der Waals surface area contributed by atoms with Crippen molar-refractivity contribution < 1.29 is 24.5 Å². The quantitative estimate of drug-likeness (QED) is 0.470. The maximum Gasteiger partial charge on any atom is 0.331 e. The van der Waals surface area contributed by atoms with Gasteiger partial charge in [-0.15, -0.1) is 0 Å². The lowest BCUT2D eigenvalue weighted by Gasteiger charge is -2.18. The molecule has 0 aromatic carbocycles. The molecule has 0 aliphatic rings. The number of carboxylic acid groups (broad SMARTS) is 1. The van der Waals surface area contributed by atoms with E-state index in [4.69, 9.17) is 9.84 Å². The van der Waals surface area contributed by atoms with Gasteiger partial charge in [-0.3, -0.25) is 0 Å². The molecule has 0 radical (unpaired) electrons. The van der Waals surface area contributed by atoms with Gasteiger partial charge in [0.05, 0.1) is 6.10 Å². The fraction of sp³-hybridized carbons (Fsp3) is 0.714. The van der Waals surface area contributed by atoms with Gasteiger partial charge >= 0.3 is 11.9 Å². The lowest BCUT2D eigenvalue weighted by atomic mass is 9.93. The van der Waals surface area contributed by atoms with Gasteiger partial charge in [0, 0.05) is 12.2 Å². The standard InChI is InChI=1S/C14H24O5/c1-3-5-6-11(4-2)9-12(15)10-19-14(18)8-7-13(16)17/h7-8,11-12,15H,3-6,9-10H2,1-2H3,(H,16,17)/b8-7-. The number of unbranched alkanes of at least 4 members (excludes halogenated alkanes) is 1. The Hall–Kier alpha value is -1.36. The molecule has 0 aliphatic heterocycles. The van der Waals surface area contributed by atoms with Gasteiger partial charge in [-0.05, 0) is 12.3 Å². The molecule has 0 saturated heterocycles. The van der Waals surface area contributed by atoms with E-state index in [1.807, 2.05) is 0 Å². The first-order valence-electron chi connectivity index (χ1n) is 6.75. The number of hydrogen-bond acceptors (Lipinski definition) is 4. The van der Waals surface area contributed by atoms with Crippen LogP contribution in [0.1, 0.15) is 46.0 Å². The number of carbonyl (C=O) groups excluding carboxylic acids is 1. The second kappa shape index (κ2) is 10.6. The first-order valence-corrected chi connectivity index (χ1v) is 6.75. The summed E-state index contributed by atoms with van der Waals surface area (Å²) in [4.78, 5) is 21.3. The Bertz CT molecular complexity index is 298. The molecule has 0 rings (SSSR count). The first kappa shape index (κ1) is 17.6. The molecule has 110 valence electrons. The average molecular weight is 272 g/mol. The molecule has 5 heteroatoms. The van der Waals surface area contributed by atoms with Crippen LogP contribution in [0.15, 0.2) is 12.2 Å². The van der Waals surface area contributed by atoms with Crippen LogP contribution in [0.3, 0.4) is 0 Å². The monoisotopic (exact) mass is 272 g/mol. The minimum absolute atomic E-state index is 0.0918. The Morgan fingerprint density at radius 1 is 1.26 bits per heavy atom. The van der Waals surface area contributed by atoms with Gasteiger partial charge in [0.25, 0.3) is 0 Å². The highest BCUT2D eigenvalue weighted by atomic mass is 16.5. The maximum absolute atomic E-state index is 11.1. The van der Waals surface area contributed by atoms with Crippen LogP contribution in [-0.4, -0.2) is 34.9 Å². The summed E-state index contributed by atoms with van der Waals surface area (Å²) in [6, 6.07) is 0. The summed E-state index contributed by atoms with van der Waals surface area (Å²) in [5.41, 5.74) is 0. The van der Waals surface area contributed by atoms with E-state index < -0.39 is 18.0 Å². The van der Waals surface area contributed by atoms with Crippen LogP contribution in [0.5, 0.6) is 0 Å². The van der Waals surface area contributed by atoms with E-state index in [0.29, 0.717) is 18.4 Å². The van der Waals surface area contributed by atoms with E-state index >= 15 is 0 Å². The van der Waals surface area contributed by atoms with Gasteiger partial charge < -0.3 is 14.9 Å². The molecule has 0 amide bonds. The zero-order valence-corrected chi connectivity index (χ0v) is 11.7. The highest BCUT2D eigenvalue weighted by molar-refractivity contribution is 5.90. The summed E-state index contributed by atoms with van der Waals surface area (Å²) in [7, 11) is 0. The molecule has 0 fully saturated rings. The number of carbonyl (C=O) groups is 2. The van der Waals surface area contributed by atoms with E-state index in [2.05, 4.69) is 13.8 Å².